The standard InChI is InChI=1S/C14H16O2/c15-14(8-4-7-12-9-10-12)16-11-13-5-2-1-3-6-13/h1-3,5-7H,4,8-11H2. The van der Waals surface area contributed by atoms with E-state index < -0.39 is 0 Å². The van der Waals surface area contributed by atoms with Crippen LogP contribution in [0, 0.1) is 0 Å². The number of hydrogen-bond acceptors (Lipinski definition) is 2. The molecule has 0 saturated heterocycles. The van der Waals surface area contributed by atoms with Crippen molar-refractivity contribution >= 4 is 5.97 Å². The van der Waals surface area contributed by atoms with E-state index in [0.29, 0.717) is 13.0 Å². The van der Waals surface area contributed by atoms with E-state index in [9.17, 15) is 4.79 Å². The largest absolute Gasteiger partial charge is 0.461 e. The molecule has 84 valence electrons. The van der Waals surface area contributed by atoms with E-state index in [-0.39, 0.29) is 5.97 Å². The molecule has 0 N–H and O–H groups in total. The Kier molecular flexibility index (Phi) is 3.76. The first-order chi connectivity index (χ1) is 7.84. The molecule has 1 aliphatic rings. The summed E-state index contributed by atoms with van der Waals surface area (Å²) in [7, 11) is 0. The maximum atomic E-state index is 11.4. The summed E-state index contributed by atoms with van der Waals surface area (Å²) in [6.45, 7) is 0.385. The zero-order valence-electron chi connectivity index (χ0n) is 9.32. The minimum atomic E-state index is -0.110. The topological polar surface area (TPSA) is 26.3 Å². The molecule has 0 aromatic heterocycles. The zero-order valence-corrected chi connectivity index (χ0v) is 9.32. The molecule has 0 radical (unpaired) electrons. The van der Waals surface area contributed by atoms with Crippen LogP contribution >= 0.6 is 0 Å². The third-order valence-electron chi connectivity index (χ3n) is 2.56. The summed E-state index contributed by atoms with van der Waals surface area (Å²) in [5.41, 5.74) is 2.52. The van der Waals surface area contributed by atoms with Crippen molar-refractivity contribution in [3.8, 4) is 0 Å². The number of esters is 1. The van der Waals surface area contributed by atoms with E-state index in [4.69, 9.17) is 4.74 Å². The molecule has 16 heavy (non-hydrogen) atoms. The Balaban J connectivity index is 1.65. The Hall–Kier alpha value is -1.57. The van der Waals surface area contributed by atoms with Crippen LogP contribution in [-0.2, 0) is 16.1 Å². The van der Waals surface area contributed by atoms with Gasteiger partial charge in [0.25, 0.3) is 0 Å². The predicted molar refractivity (Wildman–Crippen MR) is 62.8 cm³/mol. The van der Waals surface area contributed by atoms with E-state index in [1.807, 2.05) is 30.3 Å². The molecule has 2 rings (SSSR count). The van der Waals surface area contributed by atoms with Gasteiger partial charge in [-0.1, -0.05) is 42.0 Å². The number of rotatable bonds is 5. The lowest BCUT2D eigenvalue weighted by Gasteiger charge is -2.03. The predicted octanol–water partition coefficient (Wildman–Crippen LogP) is 3.23. The van der Waals surface area contributed by atoms with Gasteiger partial charge in [-0.2, -0.15) is 0 Å². The van der Waals surface area contributed by atoms with Crippen molar-refractivity contribution in [3.05, 3.63) is 47.5 Å². The second-order valence-electron chi connectivity index (χ2n) is 4.05. The van der Waals surface area contributed by atoms with E-state index in [1.165, 1.54) is 18.4 Å². The average Bonchev–Trinajstić information content (AvgIpc) is 3.12. The van der Waals surface area contributed by atoms with Crippen molar-refractivity contribution in [3.63, 3.8) is 0 Å². The molecule has 1 aromatic rings. The molecule has 0 heterocycles. The number of carbonyl (C=O) groups is 1. The summed E-state index contributed by atoms with van der Waals surface area (Å²) in [5, 5.41) is 0. The third kappa shape index (κ3) is 3.89. The highest BCUT2D eigenvalue weighted by Gasteiger charge is 2.10. The minimum absolute atomic E-state index is 0.110. The van der Waals surface area contributed by atoms with Gasteiger partial charge < -0.3 is 4.74 Å². The molecule has 1 saturated carbocycles. The molecule has 0 spiro atoms. The Morgan fingerprint density at radius 2 is 2.00 bits per heavy atom. The van der Waals surface area contributed by atoms with Gasteiger partial charge in [-0.15, -0.1) is 0 Å². The summed E-state index contributed by atoms with van der Waals surface area (Å²) < 4.78 is 5.16. The maximum Gasteiger partial charge on any atom is 0.306 e. The van der Waals surface area contributed by atoms with Gasteiger partial charge in [0.05, 0.1) is 0 Å². The molecule has 1 aliphatic carbocycles. The first-order valence-corrected chi connectivity index (χ1v) is 5.72. The molecule has 1 aromatic carbocycles. The Morgan fingerprint density at radius 1 is 1.25 bits per heavy atom. The van der Waals surface area contributed by atoms with Gasteiger partial charge in [0.1, 0.15) is 6.61 Å². The van der Waals surface area contributed by atoms with E-state index in [1.54, 1.807) is 0 Å². The van der Waals surface area contributed by atoms with Crippen LogP contribution < -0.4 is 0 Å². The number of benzene rings is 1. The van der Waals surface area contributed by atoms with Crippen molar-refractivity contribution in [1.82, 2.24) is 0 Å². The molecule has 0 atom stereocenters. The van der Waals surface area contributed by atoms with Gasteiger partial charge in [-0.25, -0.2) is 0 Å². The van der Waals surface area contributed by atoms with Crippen LogP contribution in [0.3, 0.4) is 0 Å². The average molecular weight is 216 g/mol. The molecule has 2 heteroatoms. The summed E-state index contributed by atoms with van der Waals surface area (Å²) >= 11 is 0. The van der Waals surface area contributed by atoms with Crippen molar-refractivity contribution in [2.75, 3.05) is 0 Å². The fourth-order valence-corrected chi connectivity index (χ4v) is 1.48. The molecule has 0 amide bonds. The fourth-order valence-electron chi connectivity index (χ4n) is 1.48. The van der Waals surface area contributed by atoms with Gasteiger partial charge in [0.2, 0.25) is 0 Å². The second-order valence-corrected chi connectivity index (χ2v) is 4.05. The van der Waals surface area contributed by atoms with Gasteiger partial charge in [0.15, 0.2) is 0 Å². The normalized spacial score (nSPS) is 13.4. The van der Waals surface area contributed by atoms with Crippen LogP contribution in [0.5, 0.6) is 0 Å². The van der Waals surface area contributed by atoms with E-state index >= 15 is 0 Å². The molecule has 2 nitrogen and oxygen atoms in total. The summed E-state index contributed by atoms with van der Waals surface area (Å²) in [6, 6.07) is 9.76. The number of carbonyl (C=O) groups excluding carboxylic acids is 1. The van der Waals surface area contributed by atoms with Crippen molar-refractivity contribution < 1.29 is 9.53 Å². The van der Waals surface area contributed by atoms with Crippen LogP contribution in [0.4, 0.5) is 0 Å². The Labute approximate surface area is 95.9 Å². The summed E-state index contributed by atoms with van der Waals surface area (Å²) in [6.07, 6.45) is 5.92. The highest BCUT2D eigenvalue weighted by molar-refractivity contribution is 5.69. The third-order valence-corrected chi connectivity index (χ3v) is 2.56. The van der Waals surface area contributed by atoms with E-state index in [2.05, 4.69) is 6.08 Å². The second kappa shape index (κ2) is 5.50. The van der Waals surface area contributed by atoms with Crippen molar-refractivity contribution in [1.29, 1.82) is 0 Å². The lowest BCUT2D eigenvalue weighted by atomic mass is 10.2. The minimum Gasteiger partial charge on any atom is -0.461 e. The first-order valence-electron chi connectivity index (χ1n) is 5.72. The molecule has 0 unspecified atom stereocenters. The van der Waals surface area contributed by atoms with Crippen LogP contribution in [-0.4, -0.2) is 5.97 Å². The van der Waals surface area contributed by atoms with Crippen LogP contribution in [0.2, 0.25) is 0 Å². The first kappa shape index (κ1) is 10.9. The number of allylic oxidation sites excluding steroid dienone is 2. The monoisotopic (exact) mass is 216 g/mol. The smallest absolute Gasteiger partial charge is 0.306 e. The Bertz CT molecular complexity index is 373. The number of hydrogen-bond donors (Lipinski definition) is 0. The van der Waals surface area contributed by atoms with Gasteiger partial charge in [0, 0.05) is 6.42 Å². The van der Waals surface area contributed by atoms with Gasteiger partial charge in [-0.3, -0.25) is 4.79 Å². The fraction of sp³-hybridized carbons (Fsp3) is 0.357. The Morgan fingerprint density at radius 3 is 2.69 bits per heavy atom. The highest BCUT2D eigenvalue weighted by atomic mass is 16.5. The van der Waals surface area contributed by atoms with Crippen LogP contribution in [0.25, 0.3) is 0 Å². The summed E-state index contributed by atoms with van der Waals surface area (Å²) in [4.78, 5) is 11.4. The van der Waals surface area contributed by atoms with Crippen LogP contribution in [0.1, 0.15) is 31.2 Å². The highest BCUT2D eigenvalue weighted by Crippen LogP contribution is 2.28. The quantitative estimate of drug-likeness (QED) is 0.558. The molecule has 0 bridgehead atoms. The maximum absolute atomic E-state index is 11.4. The van der Waals surface area contributed by atoms with Gasteiger partial charge >= 0.3 is 5.97 Å². The lowest BCUT2D eigenvalue weighted by Crippen LogP contribution is -2.03. The molecule has 0 aliphatic heterocycles. The zero-order chi connectivity index (χ0) is 11.2. The molecule has 1 fully saturated rings. The van der Waals surface area contributed by atoms with Crippen molar-refractivity contribution in [2.24, 2.45) is 0 Å². The van der Waals surface area contributed by atoms with Crippen LogP contribution in [0.15, 0.2) is 42.0 Å². The molecular weight excluding hydrogens is 200 g/mol. The van der Waals surface area contributed by atoms with Crippen molar-refractivity contribution in [2.45, 2.75) is 32.3 Å². The SMILES string of the molecule is O=C(CCC=C1CC1)OCc1ccccc1. The van der Waals surface area contributed by atoms with Gasteiger partial charge in [-0.05, 0) is 24.8 Å². The number of ether oxygens (including phenoxy) is 1. The molecular formula is C14H16O2. The lowest BCUT2D eigenvalue weighted by molar-refractivity contribution is -0.144. The summed E-state index contributed by atoms with van der Waals surface area (Å²) in [5.74, 6) is -0.110. The van der Waals surface area contributed by atoms with E-state index in [0.717, 1.165) is 12.0 Å².